The molecule has 1 heterocycles. The summed E-state index contributed by atoms with van der Waals surface area (Å²) in [7, 11) is 0. The van der Waals surface area contributed by atoms with E-state index in [1.54, 1.807) is 0 Å². The molecule has 1 rings (SSSR count). The number of hydrogen-bond acceptors (Lipinski definition) is 1. The molecular weight excluding hydrogens is 199 g/mol. The molecule has 1 radical (unpaired) electrons. The minimum absolute atomic E-state index is 0. The van der Waals surface area contributed by atoms with E-state index < -0.39 is 0 Å². The maximum atomic E-state index is 4.19. The van der Waals surface area contributed by atoms with E-state index in [4.69, 9.17) is 0 Å². The summed E-state index contributed by atoms with van der Waals surface area (Å²) in [4.78, 5) is 4.19. The Morgan fingerprint density at radius 3 is 3.00 bits per heavy atom. The van der Waals surface area contributed by atoms with Gasteiger partial charge in [-0.15, -0.1) is 12.3 Å². The maximum absolute atomic E-state index is 4.19. The molecule has 0 aromatic heterocycles. The molecule has 1 nitrogen and oxygen atoms in total. The summed E-state index contributed by atoms with van der Waals surface area (Å²) in [6.45, 7) is 4.79. The predicted molar refractivity (Wildman–Crippen MR) is 40.4 cm³/mol. The largest absolute Gasteiger partial charge is 0.343 e. The molecule has 10 heavy (non-hydrogen) atoms. The molecule has 0 aromatic carbocycles. The monoisotopic (exact) mass is 212 g/mol. The minimum atomic E-state index is 0. The molecule has 0 aliphatic carbocycles. The first-order valence-electron chi connectivity index (χ1n) is 3.56. The molecule has 2 heteroatoms. The molecule has 0 aromatic rings. The summed E-state index contributed by atoms with van der Waals surface area (Å²) in [6, 6.07) is 0. The van der Waals surface area contributed by atoms with Gasteiger partial charge in [0, 0.05) is 39.3 Å². The summed E-state index contributed by atoms with van der Waals surface area (Å²) < 4.78 is 0. The van der Waals surface area contributed by atoms with Gasteiger partial charge in [-0.25, -0.2) is 0 Å². The topological polar surface area (TPSA) is 12.4 Å². The van der Waals surface area contributed by atoms with E-state index in [-0.39, 0.29) is 32.7 Å². The Hall–Kier alpha value is 0.774. The average molecular weight is 212 g/mol. The van der Waals surface area contributed by atoms with Gasteiger partial charge < -0.3 is 18.3 Å². The Balaban J connectivity index is 0.000000810. The van der Waals surface area contributed by atoms with E-state index >= 15 is 0 Å². The second-order valence-electron chi connectivity index (χ2n) is 2.39. The van der Waals surface area contributed by atoms with Crippen LogP contribution in [0.1, 0.15) is 19.3 Å². The molecule has 0 amide bonds. The van der Waals surface area contributed by atoms with E-state index in [0.29, 0.717) is 5.92 Å². The average Bonchev–Trinajstić information content (AvgIpc) is 1.91. The number of nitrogens with zero attached hydrogens (tertiary/aromatic N) is 1. The van der Waals surface area contributed by atoms with E-state index in [9.17, 15) is 0 Å². The van der Waals surface area contributed by atoms with Crippen molar-refractivity contribution in [3.8, 4) is 0 Å². The Kier molecular flexibility index (Phi) is 6.98. The first-order chi connectivity index (χ1) is 4.43. The van der Waals surface area contributed by atoms with Crippen LogP contribution in [0.5, 0.6) is 0 Å². The fraction of sp³-hybridized carbons (Fsp3) is 0.625. The van der Waals surface area contributed by atoms with Gasteiger partial charge in [-0.2, -0.15) is 12.8 Å². The number of hydrogen-bond donors (Lipinski definition) is 0. The van der Waals surface area contributed by atoms with Gasteiger partial charge in [0.05, 0.1) is 0 Å². The van der Waals surface area contributed by atoms with Crippen molar-refractivity contribution in [2.75, 3.05) is 6.54 Å². The fourth-order valence-corrected chi connectivity index (χ4v) is 1.06. The summed E-state index contributed by atoms with van der Waals surface area (Å²) in [5, 5.41) is 0. The smallest absolute Gasteiger partial charge is 0.0115 e. The van der Waals surface area contributed by atoms with Crippen LogP contribution >= 0.6 is 0 Å². The number of rotatable bonds is 2. The van der Waals surface area contributed by atoms with Crippen LogP contribution in [-0.2, 0) is 32.7 Å². The van der Waals surface area contributed by atoms with Crippen LogP contribution in [0, 0.1) is 19.3 Å². The molecule has 0 fully saturated rings. The number of aliphatic imine (C=N–C) groups is 1. The summed E-state index contributed by atoms with van der Waals surface area (Å²) in [5.41, 5.74) is 0. The van der Waals surface area contributed by atoms with Crippen LogP contribution in [0.15, 0.2) is 4.99 Å². The molecule has 1 atom stereocenters. The standard InChI is InChI=1S/C8H13N.Y/c1-2-4-8-5-3-6-9-7-8;/h5,7-8H,1-4,6H2;/q-2;. The summed E-state index contributed by atoms with van der Waals surface area (Å²) >= 11 is 0. The predicted octanol–water partition coefficient (Wildman–Crippen LogP) is 1.89. The fourth-order valence-electron chi connectivity index (χ4n) is 1.06. The van der Waals surface area contributed by atoms with E-state index in [0.717, 1.165) is 19.4 Å². The molecule has 1 unspecified atom stereocenters. The van der Waals surface area contributed by atoms with Crippen molar-refractivity contribution in [3.63, 3.8) is 0 Å². The first kappa shape index (κ1) is 10.8. The second-order valence-corrected chi connectivity index (χ2v) is 2.39. The van der Waals surface area contributed by atoms with E-state index in [1.807, 2.05) is 0 Å². The van der Waals surface area contributed by atoms with Crippen molar-refractivity contribution in [1.82, 2.24) is 0 Å². The maximum Gasteiger partial charge on any atom is 0.0115 e. The van der Waals surface area contributed by atoms with Gasteiger partial charge in [0.25, 0.3) is 0 Å². The zero-order valence-electron chi connectivity index (χ0n) is 6.29. The quantitative estimate of drug-likeness (QED) is 0.620. The SMILES string of the molecule is [CH2-]CCC1C=NCC[CH-]1.[Y]. The Morgan fingerprint density at radius 1 is 1.70 bits per heavy atom. The Labute approximate surface area is 88.6 Å². The third kappa shape index (κ3) is 3.82. The van der Waals surface area contributed by atoms with Gasteiger partial charge >= 0.3 is 0 Å². The first-order valence-corrected chi connectivity index (χ1v) is 3.56. The van der Waals surface area contributed by atoms with Crippen LogP contribution in [-0.4, -0.2) is 12.8 Å². The van der Waals surface area contributed by atoms with Gasteiger partial charge in [-0.3, -0.25) is 0 Å². The van der Waals surface area contributed by atoms with Gasteiger partial charge in [-0.1, -0.05) is 0 Å². The van der Waals surface area contributed by atoms with Crippen molar-refractivity contribution in [2.45, 2.75) is 19.3 Å². The molecule has 1 aliphatic rings. The molecule has 0 N–H and O–H groups in total. The summed E-state index contributed by atoms with van der Waals surface area (Å²) in [6.07, 6.45) is 7.73. The molecule has 0 bridgehead atoms. The van der Waals surface area contributed by atoms with Crippen LogP contribution in [0.3, 0.4) is 0 Å². The van der Waals surface area contributed by atoms with Crippen molar-refractivity contribution < 1.29 is 32.7 Å². The van der Waals surface area contributed by atoms with Gasteiger partial charge in [0.15, 0.2) is 0 Å². The molecule has 0 spiro atoms. The third-order valence-electron chi connectivity index (χ3n) is 1.56. The third-order valence-corrected chi connectivity index (χ3v) is 1.56. The Morgan fingerprint density at radius 2 is 2.50 bits per heavy atom. The van der Waals surface area contributed by atoms with Gasteiger partial charge in [0.1, 0.15) is 0 Å². The van der Waals surface area contributed by atoms with Crippen molar-refractivity contribution in [2.24, 2.45) is 10.9 Å². The van der Waals surface area contributed by atoms with Crippen LogP contribution in [0.2, 0.25) is 0 Å². The van der Waals surface area contributed by atoms with Crippen molar-refractivity contribution >= 4 is 6.21 Å². The van der Waals surface area contributed by atoms with Gasteiger partial charge in [0.2, 0.25) is 0 Å². The zero-order valence-corrected chi connectivity index (χ0v) is 9.13. The van der Waals surface area contributed by atoms with Crippen molar-refractivity contribution in [1.29, 1.82) is 0 Å². The van der Waals surface area contributed by atoms with Crippen LogP contribution in [0.25, 0.3) is 0 Å². The van der Waals surface area contributed by atoms with Gasteiger partial charge in [-0.05, 0) is 6.21 Å². The normalized spacial score (nSPS) is 23.9. The van der Waals surface area contributed by atoms with Crippen LogP contribution < -0.4 is 0 Å². The van der Waals surface area contributed by atoms with E-state index in [1.165, 1.54) is 6.42 Å². The molecule has 55 valence electrons. The summed E-state index contributed by atoms with van der Waals surface area (Å²) in [5.74, 6) is 0.622. The van der Waals surface area contributed by atoms with Crippen LogP contribution in [0.4, 0.5) is 0 Å². The molecule has 0 saturated heterocycles. The Bertz CT molecular complexity index is 101. The molecule has 1 aliphatic heterocycles. The zero-order chi connectivity index (χ0) is 6.53. The molecule has 0 saturated carbocycles. The minimum Gasteiger partial charge on any atom is -0.343 e. The second kappa shape index (κ2) is 6.48. The van der Waals surface area contributed by atoms with Crippen molar-refractivity contribution in [3.05, 3.63) is 13.3 Å². The van der Waals surface area contributed by atoms with E-state index in [2.05, 4.69) is 24.6 Å². The molecular formula is C8H13NY-2.